The van der Waals surface area contributed by atoms with Gasteiger partial charge in [0, 0.05) is 0 Å². The Morgan fingerprint density at radius 2 is 1.74 bits per heavy atom. The van der Waals surface area contributed by atoms with E-state index in [2.05, 4.69) is 15.9 Å². The summed E-state index contributed by atoms with van der Waals surface area (Å²) in [7, 11) is 0. The lowest BCUT2D eigenvalue weighted by Crippen LogP contribution is -2.17. The van der Waals surface area contributed by atoms with Crippen molar-refractivity contribution in [1.82, 2.24) is 0 Å². The van der Waals surface area contributed by atoms with Crippen molar-refractivity contribution in [3.63, 3.8) is 0 Å². The second-order valence-corrected chi connectivity index (χ2v) is 6.55. The third-order valence-corrected chi connectivity index (χ3v) is 4.58. The normalized spacial score (nSPS) is 14.7. The van der Waals surface area contributed by atoms with Gasteiger partial charge in [-0.3, -0.25) is 4.79 Å². The molecule has 2 aromatic carbocycles. The van der Waals surface area contributed by atoms with Crippen molar-refractivity contribution in [2.24, 2.45) is 0 Å². The summed E-state index contributed by atoms with van der Waals surface area (Å²) < 4.78 is 12.3. The summed E-state index contributed by atoms with van der Waals surface area (Å²) >= 11 is 3.42. The van der Waals surface area contributed by atoms with Crippen molar-refractivity contribution >= 4 is 15.9 Å². The van der Waals surface area contributed by atoms with Gasteiger partial charge in [0.1, 0.15) is 6.61 Å². The number of ether oxygens (including phenoxy) is 2. The highest BCUT2D eigenvalue weighted by Crippen LogP contribution is 2.26. The molecule has 3 rings (SSSR count). The molecule has 0 spiro atoms. The van der Waals surface area contributed by atoms with Crippen LogP contribution in [0.15, 0.2) is 57.8 Å². The highest BCUT2D eigenvalue weighted by molar-refractivity contribution is 9.10. The van der Waals surface area contributed by atoms with Crippen LogP contribution in [0.5, 0.6) is 11.5 Å². The van der Waals surface area contributed by atoms with Gasteiger partial charge in [0.05, 0.1) is 10.6 Å². The van der Waals surface area contributed by atoms with Crippen molar-refractivity contribution in [3.05, 3.63) is 68.8 Å². The molecular weight excluding hydrogens is 356 g/mol. The Morgan fingerprint density at radius 1 is 1.00 bits per heavy atom. The Bertz CT molecular complexity index is 709. The van der Waals surface area contributed by atoms with Crippen molar-refractivity contribution < 1.29 is 9.47 Å². The van der Waals surface area contributed by atoms with Gasteiger partial charge in [-0.15, -0.1) is 0 Å². The maximum atomic E-state index is 12.7. The van der Waals surface area contributed by atoms with Crippen molar-refractivity contribution in [2.75, 3.05) is 0 Å². The first-order valence-electron chi connectivity index (χ1n) is 7.90. The van der Waals surface area contributed by atoms with Crippen LogP contribution in [0.4, 0.5) is 0 Å². The monoisotopic (exact) mass is 374 g/mol. The zero-order valence-electron chi connectivity index (χ0n) is 12.8. The first kappa shape index (κ1) is 16.1. The van der Waals surface area contributed by atoms with Crippen LogP contribution in [0.2, 0.25) is 0 Å². The lowest BCUT2D eigenvalue weighted by atomic mass is 10.2. The van der Waals surface area contributed by atoms with Gasteiger partial charge in [-0.05, 0) is 59.3 Å². The number of hydrogen-bond acceptors (Lipinski definition) is 3. The van der Waals surface area contributed by atoms with Gasteiger partial charge in [0.2, 0.25) is 0 Å². The Hall–Kier alpha value is -1.81. The van der Waals surface area contributed by atoms with E-state index < -0.39 is 0 Å². The third-order valence-electron chi connectivity index (χ3n) is 3.96. The molecule has 0 amide bonds. The van der Waals surface area contributed by atoms with Crippen LogP contribution in [0.3, 0.4) is 0 Å². The van der Waals surface area contributed by atoms with Crippen LogP contribution in [-0.4, -0.2) is 6.10 Å². The summed E-state index contributed by atoms with van der Waals surface area (Å²) in [6, 6.07) is 15.1. The molecule has 0 bridgehead atoms. The number of rotatable bonds is 5. The Labute approximate surface area is 144 Å². The van der Waals surface area contributed by atoms with Crippen molar-refractivity contribution in [2.45, 2.75) is 38.4 Å². The highest BCUT2D eigenvalue weighted by atomic mass is 79.9. The smallest absolute Gasteiger partial charge is 0.263 e. The zero-order valence-corrected chi connectivity index (χ0v) is 14.4. The minimum atomic E-state index is -0.204. The lowest BCUT2D eigenvalue weighted by molar-refractivity contribution is 0.206. The van der Waals surface area contributed by atoms with E-state index in [1.807, 2.05) is 42.5 Å². The lowest BCUT2D eigenvalue weighted by Gasteiger charge is -2.12. The summed E-state index contributed by atoms with van der Waals surface area (Å²) in [5.41, 5.74) is 0.813. The molecule has 120 valence electrons. The standard InChI is InChI=1S/C19H19BrO3/c20-16-11-6-12-17(23-15-9-4-5-10-15)18(21)19(16)22-13-14-7-2-1-3-8-14/h1-3,6-8,11-12,15H,4-5,9-10,13H2. The summed E-state index contributed by atoms with van der Waals surface area (Å²) in [5, 5.41) is 0. The summed E-state index contributed by atoms with van der Waals surface area (Å²) in [6.07, 6.45) is 4.50. The van der Waals surface area contributed by atoms with E-state index in [-0.39, 0.29) is 11.5 Å². The van der Waals surface area contributed by atoms with Crippen molar-refractivity contribution in [1.29, 1.82) is 0 Å². The molecule has 0 unspecified atom stereocenters. The van der Waals surface area contributed by atoms with Gasteiger partial charge >= 0.3 is 0 Å². The van der Waals surface area contributed by atoms with Gasteiger partial charge in [-0.25, -0.2) is 0 Å². The molecule has 4 heteroatoms. The summed E-state index contributed by atoms with van der Waals surface area (Å²) in [4.78, 5) is 12.7. The average molecular weight is 375 g/mol. The van der Waals surface area contributed by atoms with Gasteiger partial charge in [-0.2, -0.15) is 0 Å². The predicted molar refractivity (Wildman–Crippen MR) is 94.1 cm³/mol. The van der Waals surface area contributed by atoms with E-state index in [1.54, 1.807) is 6.07 Å². The fourth-order valence-electron chi connectivity index (χ4n) is 2.73. The molecule has 1 saturated carbocycles. The quantitative estimate of drug-likeness (QED) is 0.759. The van der Waals surface area contributed by atoms with Gasteiger partial charge < -0.3 is 9.47 Å². The molecule has 0 radical (unpaired) electrons. The van der Waals surface area contributed by atoms with E-state index in [4.69, 9.17) is 9.47 Å². The second kappa shape index (κ2) is 7.64. The summed E-state index contributed by atoms with van der Waals surface area (Å²) in [5.74, 6) is 0.664. The fourth-order valence-corrected chi connectivity index (χ4v) is 3.18. The minimum Gasteiger partial charge on any atom is -0.486 e. The number of halogens is 1. The molecule has 0 aliphatic heterocycles. The number of benzene rings is 1. The molecule has 0 atom stereocenters. The largest absolute Gasteiger partial charge is 0.486 e. The first-order valence-corrected chi connectivity index (χ1v) is 8.69. The first-order chi connectivity index (χ1) is 11.2. The maximum absolute atomic E-state index is 12.7. The molecule has 0 saturated heterocycles. The van der Waals surface area contributed by atoms with E-state index in [0.29, 0.717) is 22.6 Å². The Kier molecular flexibility index (Phi) is 5.34. The molecule has 3 nitrogen and oxygen atoms in total. The minimum absolute atomic E-state index is 0.144. The molecular formula is C19H19BrO3. The molecule has 1 fully saturated rings. The fraction of sp³-hybridized carbons (Fsp3) is 0.316. The number of hydrogen-bond donors (Lipinski definition) is 0. The molecule has 0 N–H and O–H groups in total. The van der Waals surface area contributed by atoms with Crippen LogP contribution >= 0.6 is 15.9 Å². The maximum Gasteiger partial charge on any atom is 0.263 e. The Morgan fingerprint density at radius 3 is 2.48 bits per heavy atom. The van der Waals surface area contributed by atoms with Crippen LogP contribution in [-0.2, 0) is 6.61 Å². The molecule has 0 aromatic heterocycles. The molecule has 1 aliphatic rings. The van der Waals surface area contributed by atoms with Gasteiger partial charge in [0.25, 0.3) is 5.43 Å². The van der Waals surface area contributed by atoms with Crippen LogP contribution in [0.25, 0.3) is 0 Å². The predicted octanol–water partition coefficient (Wildman–Crippen LogP) is 4.71. The van der Waals surface area contributed by atoms with E-state index in [9.17, 15) is 4.79 Å². The van der Waals surface area contributed by atoms with Crippen molar-refractivity contribution in [3.8, 4) is 11.5 Å². The van der Waals surface area contributed by atoms with E-state index >= 15 is 0 Å². The van der Waals surface area contributed by atoms with Crippen LogP contribution in [0, 0.1) is 0 Å². The topological polar surface area (TPSA) is 35.5 Å². The molecule has 1 aliphatic carbocycles. The zero-order chi connectivity index (χ0) is 16.1. The molecule has 2 aromatic rings. The van der Waals surface area contributed by atoms with E-state index in [0.717, 1.165) is 18.4 Å². The molecule has 23 heavy (non-hydrogen) atoms. The third kappa shape index (κ3) is 4.14. The second-order valence-electron chi connectivity index (χ2n) is 5.69. The van der Waals surface area contributed by atoms with Crippen LogP contribution in [0.1, 0.15) is 31.2 Å². The van der Waals surface area contributed by atoms with Gasteiger partial charge in [0.15, 0.2) is 11.5 Å². The van der Waals surface area contributed by atoms with Crippen LogP contribution < -0.4 is 14.9 Å². The Balaban J connectivity index is 1.83. The van der Waals surface area contributed by atoms with Gasteiger partial charge in [-0.1, -0.05) is 36.4 Å². The van der Waals surface area contributed by atoms with E-state index in [1.165, 1.54) is 12.8 Å². The SMILES string of the molecule is O=c1c(OC2CCCC2)cccc(Br)c1OCc1ccccc1. The molecule has 0 heterocycles. The average Bonchev–Trinajstić information content (AvgIpc) is 3.03. The highest BCUT2D eigenvalue weighted by Gasteiger charge is 2.19. The summed E-state index contributed by atoms with van der Waals surface area (Å²) in [6.45, 7) is 0.349.